The van der Waals surface area contributed by atoms with Crippen LogP contribution in [0.1, 0.15) is 33.3 Å². The summed E-state index contributed by atoms with van der Waals surface area (Å²) in [5.74, 6) is 1.43. The molecule has 0 aliphatic carbocycles. The van der Waals surface area contributed by atoms with Crippen LogP contribution in [0.5, 0.6) is 5.88 Å². The van der Waals surface area contributed by atoms with Crippen molar-refractivity contribution in [2.45, 2.75) is 39.8 Å². The van der Waals surface area contributed by atoms with Gasteiger partial charge in [0.05, 0.1) is 6.61 Å². The number of pyridine rings is 1. The molecule has 19 heavy (non-hydrogen) atoms. The summed E-state index contributed by atoms with van der Waals surface area (Å²) in [6.07, 6.45) is 1.73. The van der Waals surface area contributed by atoms with Crippen molar-refractivity contribution < 1.29 is 4.74 Å². The van der Waals surface area contributed by atoms with Crippen LogP contribution in [0.15, 0.2) is 23.3 Å². The van der Waals surface area contributed by atoms with E-state index in [4.69, 9.17) is 4.74 Å². The zero-order valence-electron chi connectivity index (χ0n) is 12.4. The van der Waals surface area contributed by atoms with E-state index < -0.39 is 0 Å². The largest absolute Gasteiger partial charge is 0.478 e. The molecule has 1 aromatic heterocycles. The summed E-state index contributed by atoms with van der Waals surface area (Å²) in [6, 6.07) is 3.90. The quantitative estimate of drug-likeness (QED) is 0.644. The molecule has 0 spiro atoms. The van der Waals surface area contributed by atoms with Gasteiger partial charge in [-0.2, -0.15) is 0 Å². The number of guanidine groups is 1. The normalized spacial score (nSPS) is 12.2. The van der Waals surface area contributed by atoms with Crippen molar-refractivity contribution in [2.24, 2.45) is 4.99 Å². The molecule has 5 nitrogen and oxygen atoms in total. The molecule has 0 aliphatic heterocycles. The average Bonchev–Trinajstić information content (AvgIpc) is 2.35. The molecule has 1 rings (SSSR count). The van der Waals surface area contributed by atoms with Crippen molar-refractivity contribution >= 4 is 5.96 Å². The van der Waals surface area contributed by atoms with E-state index in [2.05, 4.69) is 41.4 Å². The van der Waals surface area contributed by atoms with Gasteiger partial charge in [-0.3, -0.25) is 4.99 Å². The highest BCUT2D eigenvalue weighted by Gasteiger charge is 2.12. The second kappa shape index (κ2) is 6.97. The van der Waals surface area contributed by atoms with Gasteiger partial charge in [0.25, 0.3) is 0 Å². The lowest BCUT2D eigenvalue weighted by Crippen LogP contribution is -2.47. The Balaban J connectivity index is 2.65. The van der Waals surface area contributed by atoms with E-state index >= 15 is 0 Å². The molecule has 0 atom stereocenters. The SMILES string of the molecule is CCOc1ncccc1CNC(=NC)NC(C)(C)C. The molecule has 0 aliphatic rings. The molecule has 0 saturated heterocycles. The topological polar surface area (TPSA) is 58.5 Å². The number of rotatable bonds is 4. The van der Waals surface area contributed by atoms with E-state index in [0.29, 0.717) is 19.0 Å². The Labute approximate surface area is 115 Å². The maximum absolute atomic E-state index is 5.49. The second-order valence-electron chi connectivity index (χ2n) is 5.20. The van der Waals surface area contributed by atoms with E-state index in [1.807, 2.05) is 19.1 Å². The summed E-state index contributed by atoms with van der Waals surface area (Å²) >= 11 is 0. The number of ether oxygens (including phenoxy) is 1. The molecule has 106 valence electrons. The number of nitrogens with one attached hydrogen (secondary N) is 2. The summed E-state index contributed by atoms with van der Waals surface area (Å²) in [5, 5.41) is 6.57. The molecule has 5 heteroatoms. The van der Waals surface area contributed by atoms with Gasteiger partial charge in [-0.25, -0.2) is 4.98 Å². The first-order chi connectivity index (χ1) is 8.96. The number of aromatic nitrogens is 1. The molecule has 0 aromatic carbocycles. The van der Waals surface area contributed by atoms with Crippen LogP contribution in [0.3, 0.4) is 0 Å². The zero-order chi connectivity index (χ0) is 14.3. The van der Waals surface area contributed by atoms with Gasteiger partial charge >= 0.3 is 0 Å². The van der Waals surface area contributed by atoms with Crippen LogP contribution in [0.2, 0.25) is 0 Å². The van der Waals surface area contributed by atoms with Gasteiger partial charge in [0, 0.05) is 30.9 Å². The van der Waals surface area contributed by atoms with Crippen LogP contribution >= 0.6 is 0 Å². The van der Waals surface area contributed by atoms with E-state index in [1.165, 1.54) is 0 Å². The molecule has 0 fully saturated rings. The maximum atomic E-state index is 5.49. The first-order valence-corrected chi connectivity index (χ1v) is 6.51. The molecular weight excluding hydrogens is 240 g/mol. The van der Waals surface area contributed by atoms with Crippen molar-refractivity contribution in [3.05, 3.63) is 23.9 Å². The summed E-state index contributed by atoms with van der Waals surface area (Å²) in [4.78, 5) is 8.42. The molecule has 1 heterocycles. The van der Waals surface area contributed by atoms with Gasteiger partial charge in [0.1, 0.15) is 0 Å². The zero-order valence-corrected chi connectivity index (χ0v) is 12.4. The Morgan fingerprint density at radius 1 is 1.42 bits per heavy atom. The van der Waals surface area contributed by atoms with Gasteiger partial charge in [-0.05, 0) is 33.8 Å². The van der Waals surface area contributed by atoms with Crippen molar-refractivity contribution in [1.29, 1.82) is 0 Å². The lowest BCUT2D eigenvalue weighted by molar-refractivity contribution is 0.322. The minimum Gasteiger partial charge on any atom is -0.478 e. The maximum Gasteiger partial charge on any atom is 0.218 e. The minimum absolute atomic E-state index is 0.0282. The fraction of sp³-hybridized carbons (Fsp3) is 0.571. The van der Waals surface area contributed by atoms with Gasteiger partial charge < -0.3 is 15.4 Å². The van der Waals surface area contributed by atoms with Crippen molar-refractivity contribution in [3.63, 3.8) is 0 Å². The molecule has 2 N–H and O–H groups in total. The van der Waals surface area contributed by atoms with Crippen LogP contribution < -0.4 is 15.4 Å². The fourth-order valence-corrected chi connectivity index (χ4v) is 1.54. The minimum atomic E-state index is -0.0282. The summed E-state index contributed by atoms with van der Waals surface area (Å²) in [6.45, 7) is 9.46. The molecular formula is C14H24N4O. The van der Waals surface area contributed by atoms with Crippen LogP contribution in [-0.2, 0) is 6.54 Å². The number of hydrogen-bond donors (Lipinski definition) is 2. The molecule has 0 saturated carbocycles. The monoisotopic (exact) mass is 264 g/mol. The Morgan fingerprint density at radius 3 is 2.74 bits per heavy atom. The van der Waals surface area contributed by atoms with Crippen molar-refractivity contribution in [3.8, 4) is 5.88 Å². The highest BCUT2D eigenvalue weighted by molar-refractivity contribution is 5.80. The smallest absolute Gasteiger partial charge is 0.218 e. The van der Waals surface area contributed by atoms with Crippen LogP contribution in [0.4, 0.5) is 0 Å². The lowest BCUT2D eigenvalue weighted by Gasteiger charge is -2.23. The van der Waals surface area contributed by atoms with Gasteiger partial charge in [0.15, 0.2) is 5.96 Å². The summed E-state index contributed by atoms with van der Waals surface area (Å²) in [7, 11) is 1.76. The molecule has 0 bridgehead atoms. The van der Waals surface area contributed by atoms with E-state index in [-0.39, 0.29) is 5.54 Å². The summed E-state index contributed by atoms with van der Waals surface area (Å²) < 4.78 is 5.49. The van der Waals surface area contributed by atoms with E-state index in [1.54, 1.807) is 13.2 Å². The Kier molecular flexibility index (Phi) is 5.60. The van der Waals surface area contributed by atoms with E-state index in [0.717, 1.165) is 11.5 Å². The van der Waals surface area contributed by atoms with Crippen molar-refractivity contribution in [1.82, 2.24) is 15.6 Å². The van der Waals surface area contributed by atoms with E-state index in [9.17, 15) is 0 Å². The molecule has 0 radical (unpaired) electrons. The molecule has 0 amide bonds. The van der Waals surface area contributed by atoms with Gasteiger partial charge in [0.2, 0.25) is 5.88 Å². The third kappa shape index (κ3) is 5.59. The molecule has 0 unspecified atom stereocenters. The number of aliphatic imine (C=N–C) groups is 1. The third-order valence-electron chi connectivity index (χ3n) is 2.29. The van der Waals surface area contributed by atoms with Crippen molar-refractivity contribution in [2.75, 3.05) is 13.7 Å². The Morgan fingerprint density at radius 2 is 2.16 bits per heavy atom. The standard InChI is InChI=1S/C14H24N4O/c1-6-19-12-11(8-7-9-16-12)10-17-13(15-5)18-14(2,3)4/h7-9H,6,10H2,1-5H3,(H2,15,17,18). The van der Waals surface area contributed by atoms with Crippen LogP contribution in [0, 0.1) is 0 Å². The Hall–Kier alpha value is -1.78. The number of nitrogens with zero attached hydrogens (tertiary/aromatic N) is 2. The fourth-order valence-electron chi connectivity index (χ4n) is 1.54. The highest BCUT2D eigenvalue weighted by atomic mass is 16.5. The third-order valence-corrected chi connectivity index (χ3v) is 2.29. The van der Waals surface area contributed by atoms with Gasteiger partial charge in [-0.1, -0.05) is 6.07 Å². The Bertz CT molecular complexity index is 424. The van der Waals surface area contributed by atoms with Crippen LogP contribution in [-0.4, -0.2) is 30.1 Å². The first-order valence-electron chi connectivity index (χ1n) is 6.51. The lowest BCUT2D eigenvalue weighted by atomic mass is 10.1. The second-order valence-corrected chi connectivity index (χ2v) is 5.20. The highest BCUT2D eigenvalue weighted by Crippen LogP contribution is 2.13. The van der Waals surface area contributed by atoms with Gasteiger partial charge in [-0.15, -0.1) is 0 Å². The molecule has 1 aromatic rings. The van der Waals surface area contributed by atoms with Crippen LogP contribution in [0.25, 0.3) is 0 Å². The summed E-state index contributed by atoms with van der Waals surface area (Å²) in [5.41, 5.74) is 0.987. The average molecular weight is 264 g/mol. The first kappa shape index (κ1) is 15.3. The predicted octanol–water partition coefficient (Wildman–Crippen LogP) is 1.94. The number of hydrogen-bond acceptors (Lipinski definition) is 3. The predicted molar refractivity (Wildman–Crippen MR) is 78.5 cm³/mol.